The molecule has 4 rings (SSSR count). The number of aromatic nitrogens is 4. The highest BCUT2D eigenvalue weighted by atomic mass is 32.2. The highest BCUT2D eigenvalue weighted by Crippen LogP contribution is 2.36. The molecule has 0 spiro atoms. The first-order valence-corrected chi connectivity index (χ1v) is 12.2. The molecule has 0 radical (unpaired) electrons. The van der Waals surface area contributed by atoms with Crippen LogP contribution < -0.4 is 15.2 Å². The number of carbonyl (C=O) groups excluding carboxylic acids is 1. The zero-order valence-corrected chi connectivity index (χ0v) is 20.4. The lowest BCUT2D eigenvalue weighted by molar-refractivity contribution is -0.141. The zero-order chi connectivity index (χ0) is 28.1. The van der Waals surface area contributed by atoms with Gasteiger partial charge in [0.25, 0.3) is 0 Å². The number of pyridine rings is 2. The van der Waals surface area contributed by atoms with Gasteiger partial charge >= 0.3 is 18.4 Å². The van der Waals surface area contributed by atoms with E-state index in [-0.39, 0.29) is 33.9 Å². The van der Waals surface area contributed by atoms with Crippen molar-refractivity contribution in [2.75, 3.05) is 11.9 Å². The first-order valence-electron chi connectivity index (χ1n) is 10.6. The molecule has 17 heteroatoms. The van der Waals surface area contributed by atoms with E-state index < -0.39 is 45.5 Å². The molecular formula is C21H19F6N7O3S. The second-order valence-corrected chi connectivity index (χ2v) is 10.8. The molecule has 0 saturated carbocycles. The van der Waals surface area contributed by atoms with Crippen molar-refractivity contribution in [1.29, 1.82) is 0 Å². The smallest absolute Gasteiger partial charge is 0.433 e. The largest absolute Gasteiger partial charge is 0.476 e. The summed E-state index contributed by atoms with van der Waals surface area (Å²) in [5.74, 6) is -0.777. The molecule has 4 heterocycles. The summed E-state index contributed by atoms with van der Waals surface area (Å²) in [6, 6.07) is 1.54. The normalized spacial score (nSPS) is 16.7. The maximum Gasteiger partial charge on any atom is 0.433 e. The molecule has 0 fully saturated rings. The summed E-state index contributed by atoms with van der Waals surface area (Å²) in [5.41, 5.74) is -3.64. The number of nitrogens with zero attached hydrogens (tertiary/aromatic N) is 5. The predicted octanol–water partition coefficient (Wildman–Crippen LogP) is 4.73. The fourth-order valence-corrected chi connectivity index (χ4v) is 4.53. The van der Waals surface area contributed by atoms with Gasteiger partial charge in [0.1, 0.15) is 22.1 Å². The number of rotatable bonds is 3. The first kappa shape index (κ1) is 27.3. The zero-order valence-electron chi connectivity index (χ0n) is 19.6. The van der Waals surface area contributed by atoms with E-state index in [1.54, 1.807) is 0 Å². The average Bonchev–Trinajstić information content (AvgIpc) is 3.20. The minimum absolute atomic E-state index is 0.0164. The molecule has 1 atom stereocenters. The molecule has 0 unspecified atom stereocenters. The van der Waals surface area contributed by atoms with Crippen molar-refractivity contribution in [2.45, 2.75) is 37.6 Å². The quantitative estimate of drug-likeness (QED) is 0.442. The summed E-state index contributed by atoms with van der Waals surface area (Å²) < 4.78 is 103. The third-order valence-corrected chi connectivity index (χ3v) is 6.59. The Balaban J connectivity index is 1.73. The van der Waals surface area contributed by atoms with Crippen molar-refractivity contribution in [2.24, 2.45) is 14.9 Å². The topological polar surface area (TPSA) is 137 Å². The van der Waals surface area contributed by atoms with E-state index >= 15 is 0 Å². The minimum atomic E-state index is -4.95. The van der Waals surface area contributed by atoms with E-state index in [0.717, 1.165) is 24.5 Å². The Morgan fingerprint density at radius 1 is 1.16 bits per heavy atom. The Morgan fingerprint density at radius 2 is 1.84 bits per heavy atom. The van der Waals surface area contributed by atoms with Crippen LogP contribution in [0, 0.1) is 5.41 Å². The van der Waals surface area contributed by atoms with Crippen molar-refractivity contribution in [1.82, 2.24) is 19.7 Å². The van der Waals surface area contributed by atoms with Crippen molar-refractivity contribution in [3.63, 3.8) is 0 Å². The van der Waals surface area contributed by atoms with Crippen LogP contribution >= 0.6 is 0 Å². The van der Waals surface area contributed by atoms with Crippen LogP contribution in [0.3, 0.4) is 0 Å². The van der Waals surface area contributed by atoms with E-state index in [2.05, 4.69) is 19.4 Å². The molecule has 0 aromatic carbocycles. The van der Waals surface area contributed by atoms with Crippen molar-refractivity contribution >= 4 is 21.8 Å². The number of urea groups is 1. The molecule has 0 bridgehead atoms. The number of anilines is 1. The van der Waals surface area contributed by atoms with Crippen LogP contribution in [0.4, 0.5) is 37.0 Å². The van der Waals surface area contributed by atoms with Crippen LogP contribution in [0.5, 0.6) is 5.88 Å². The van der Waals surface area contributed by atoms with E-state index in [0.29, 0.717) is 18.7 Å². The third-order valence-electron chi connectivity index (χ3n) is 5.24. The van der Waals surface area contributed by atoms with E-state index in [1.165, 1.54) is 4.68 Å². The van der Waals surface area contributed by atoms with Crippen molar-refractivity contribution in [3.05, 3.63) is 48.0 Å². The van der Waals surface area contributed by atoms with Gasteiger partial charge in [-0.1, -0.05) is 13.8 Å². The lowest BCUT2D eigenvalue weighted by Gasteiger charge is -2.30. The highest BCUT2D eigenvalue weighted by molar-refractivity contribution is 7.91. The van der Waals surface area contributed by atoms with Gasteiger partial charge in [-0.25, -0.2) is 23.8 Å². The molecule has 1 aliphatic heterocycles. The monoisotopic (exact) mass is 563 g/mol. The third kappa shape index (κ3) is 5.72. The predicted molar refractivity (Wildman–Crippen MR) is 121 cm³/mol. The number of amides is 2. The Bertz CT molecular complexity index is 1520. The van der Waals surface area contributed by atoms with Crippen molar-refractivity contribution < 1.29 is 40.1 Å². The Morgan fingerprint density at radius 3 is 2.50 bits per heavy atom. The van der Waals surface area contributed by atoms with Gasteiger partial charge in [-0.05, 0) is 29.8 Å². The van der Waals surface area contributed by atoms with Crippen LogP contribution in [0.15, 0.2) is 45.9 Å². The van der Waals surface area contributed by atoms with E-state index in [9.17, 15) is 35.3 Å². The number of carbonyl (C=O) groups is 1. The van der Waals surface area contributed by atoms with E-state index in [1.807, 2.05) is 19.2 Å². The molecule has 10 nitrogen and oxygen atoms in total. The number of halogens is 6. The van der Waals surface area contributed by atoms with Crippen LogP contribution in [-0.2, 0) is 28.8 Å². The Labute approximate surface area is 211 Å². The summed E-state index contributed by atoms with van der Waals surface area (Å²) in [7, 11) is -4.01. The maximum absolute atomic E-state index is 13.3. The van der Waals surface area contributed by atoms with Crippen molar-refractivity contribution in [3.8, 4) is 17.0 Å². The molecule has 2 amide bonds. The minimum Gasteiger partial charge on any atom is -0.476 e. The van der Waals surface area contributed by atoms with Crippen LogP contribution in [0.1, 0.15) is 25.2 Å². The van der Waals surface area contributed by atoms with Gasteiger partial charge in [0.2, 0.25) is 5.88 Å². The van der Waals surface area contributed by atoms with E-state index in [4.69, 9.17) is 9.88 Å². The van der Waals surface area contributed by atoms with Gasteiger partial charge in [0, 0.05) is 17.2 Å². The maximum atomic E-state index is 13.3. The number of fused-ring (bicyclic) bond motifs is 1. The number of alkyl halides is 6. The second kappa shape index (κ2) is 9.23. The van der Waals surface area contributed by atoms with Gasteiger partial charge < -0.3 is 4.74 Å². The Kier molecular flexibility index (Phi) is 6.63. The Hall–Kier alpha value is -3.73. The average molecular weight is 563 g/mol. The van der Waals surface area contributed by atoms with Gasteiger partial charge in [0.05, 0.1) is 19.3 Å². The van der Waals surface area contributed by atoms with Gasteiger partial charge in [-0.15, -0.1) is 4.36 Å². The summed E-state index contributed by atoms with van der Waals surface area (Å²) >= 11 is 0. The lowest BCUT2D eigenvalue weighted by Crippen LogP contribution is -2.33. The van der Waals surface area contributed by atoms with Gasteiger partial charge in [0.15, 0.2) is 9.92 Å². The molecule has 3 aromatic heterocycles. The molecule has 3 aromatic rings. The molecule has 0 aliphatic carbocycles. The molecule has 204 valence electrons. The fourth-order valence-electron chi connectivity index (χ4n) is 3.53. The summed E-state index contributed by atoms with van der Waals surface area (Å²) in [6.45, 7) is 4.40. The summed E-state index contributed by atoms with van der Waals surface area (Å²) in [6.07, 6.45) is -7.90. The standard InChI is InChI=1S/C21H19F6N7O3S/c1-19(2)9-34-17(37-10-19)13(8-30-34)38(28,36)33-18(35)32-16-12(3-4-14(31-16)20(22,23)24)11-5-6-29-15(7-11)21(25,26)27/h3-8H,9-10H2,1-2H3,(H3,28,31,32,33,35,36)/t38-/m0/s1. The SMILES string of the molecule is CC1(C)COc2c([S@@](N)(=O)=NC(=O)Nc3nc(C(F)(F)F)ccc3-c3ccnc(C(F)(F)F)c3)cnn2C1. The molecule has 1 aliphatic rings. The lowest BCUT2D eigenvalue weighted by atomic mass is 9.94. The highest BCUT2D eigenvalue weighted by Gasteiger charge is 2.35. The van der Waals surface area contributed by atoms with Crippen LogP contribution in [-0.4, -0.2) is 36.6 Å². The second-order valence-electron chi connectivity index (χ2n) is 9.03. The fraction of sp³-hybridized carbons (Fsp3) is 0.333. The molecular weight excluding hydrogens is 544 g/mol. The number of hydrogen-bond donors (Lipinski definition) is 2. The van der Waals surface area contributed by atoms with Gasteiger partial charge in [-0.3, -0.25) is 10.3 Å². The first-order chi connectivity index (χ1) is 17.5. The van der Waals surface area contributed by atoms with Gasteiger partial charge in [-0.2, -0.15) is 31.4 Å². The number of hydrogen-bond acceptors (Lipinski definition) is 6. The number of ether oxygens (including phenoxy) is 1. The number of nitrogens with two attached hydrogens (primary N) is 1. The molecule has 0 saturated heterocycles. The van der Waals surface area contributed by atoms with Crippen LogP contribution in [0.25, 0.3) is 11.1 Å². The summed E-state index contributed by atoms with van der Waals surface area (Å²) in [4.78, 5) is 19.0. The molecule has 38 heavy (non-hydrogen) atoms. The molecule has 3 N–H and O–H groups in total. The summed E-state index contributed by atoms with van der Waals surface area (Å²) in [5, 5.41) is 11.8. The van der Waals surface area contributed by atoms with Crippen LogP contribution in [0.2, 0.25) is 0 Å². The number of nitrogens with one attached hydrogen (secondary N) is 1.